The molecular formula is C12H18N2O. The molecule has 0 aliphatic rings. The van der Waals surface area contributed by atoms with E-state index in [2.05, 4.69) is 12.0 Å². The van der Waals surface area contributed by atoms with Gasteiger partial charge in [0.25, 0.3) is 0 Å². The molecule has 0 saturated carbocycles. The molecule has 82 valence electrons. The Hall–Kier alpha value is -1.38. The minimum atomic E-state index is 0.0525. The van der Waals surface area contributed by atoms with E-state index >= 15 is 0 Å². The van der Waals surface area contributed by atoms with Crippen molar-refractivity contribution in [2.75, 3.05) is 0 Å². The molecule has 1 heterocycles. The van der Waals surface area contributed by atoms with Gasteiger partial charge < -0.3 is 0 Å². The molecule has 0 aromatic carbocycles. The average Bonchev–Trinajstić information content (AvgIpc) is 2.55. The van der Waals surface area contributed by atoms with Crippen LogP contribution in [0.5, 0.6) is 0 Å². The molecule has 0 N–H and O–H groups in total. The first-order chi connectivity index (χ1) is 7.16. The molecule has 0 amide bonds. The summed E-state index contributed by atoms with van der Waals surface area (Å²) in [6.45, 7) is 4.04. The summed E-state index contributed by atoms with van der Waals surface area (Å²) in [6, 6.07) is 0. The number of aryl methyl sites for hydroxylation is 1. The monoisotopic (exact) mass is 206 g/mol. The van der Waals surface area contributed by atoms with Crippen LogP contribution < -0.4 is 0 Å². The Morgan fingerprint density at radius 2 is 2.33 bits per heavy atom. The molecule has 0 radical (unpaired) electrons. The molecule has 0 aliphatic heterocycles. The van der Waals surface area contributed by atoms with E-state index in [-0.39, 0.29) is 5.78 Å². The van der Waals surface area contributed by atoms with Crippen LogP contribution in [-0.2, 0) is 7.05 Å². The van der Waals surface area contributed by atoms with E-state index in [4.69, 9.17) is 0 Å². The number of ketones is 1. The zero-order valence-electron chi connectivity index (χ0n) is 9.66. The first-order valence-corrected chi connectivity index (χ1v) is 5.36. The third-order valence-corrected chi connectivity index (χ3v) is 2.49. The predicted octanol–water partition coefficient (Wildman–Crippen LogP) is 2.66. The molecule has 0 spiro atoms. The summed E-state index contributed by atoms with van der Waals surface area (Å²) in [5.74, 6) is 0.0525. The highest BCUT2D eigenvalue weighted by Crippen LogP contribution is 2.07. The van der Waals surface area contributed by atoms with Crippen LogP contribution in [0.25, 0.3) is 0 Å². The number of hydrogen-bond donors (Lipinski definition) is 0. The minimum Gasteiger partial charge on any atom is -0.289 e. The lowest BCUT2D eigenvalue weighted by Crippen LogP contribution is -1.98. The van der Waals surface area contributed by atoms with Crippen molar-refractivity contribution >= 4 is 5.78 Å². The Bertz CT molecular complexity index is 364. The highest BCUT2D eigenvalue weighted by Gasteiger charge is 2.08. The van der Waals surface area contributed by atoms with Crippen molar-refractivity contribution in [3.8, 4) is 0 Å². The third kappa shape index (κ3) is 3.05. The number of unbranched alkanes of at least 4 members (excludes halogenated alkanes) is 2. The van der Waals surface area contributed by atoms with E-state index in [1.54, 1.807) is 17.0 Å². The van der Waals surface area contributed by atoms with Crippen LogP contribution in [0.4, 0.5) is 0 Å². The molecule has 15 heavy (non-hydrogen) atoms. The summed E-state index contributed by atoms with van der Waals surface area (Å²) in [4.78, 5) is 11.7. The number of carbonyl (C=O) groups excluding carboxylic acids is 1. The molecular weight excluding hydrogens is 188 g/mol. The number of hydrogen-bond acceptors (Lipinski definition) is 2. The maximum absolute atomic E-state index is 11.7. The average molecular weight is 206 g/mol. The number of rotatable bonds is 5. The second-order valence-corrected chi connectivity index (χ2v) is 3.68. The molecule has 0 bridgehead atoms. The maximum atomic E-state index is 11.7. The smallest absolute Gasteiger partial charge is 0.188 e. The first kappa shape index (κ1) is 11.7. The van der Waals surface area contributed by atoms with Gasteiger partial charge in [-0.05, 0) is 19.4 Å². The summed E-state index contributed by atoms with van der Waals surface area (Å²) in [7, 11) is 1.84. The van der Waals surface area contributed by atoms with E-state index in [0.717, 1.165) is 25.0 Å². The second-order valence-electron chi connectivity index (χ2n) is 3.68. The maximum Gasteiger partial charge on any atom is 0.188 e. The van der Waals surface area contributed by atoms with Crippen molar-refractivity contribution < 1.29 is 4.79 Å². The Morgan fingerprint density at radius 1 is 1.60 bits per heavy atom. The van der Waals surface area contributed by atoms with Crippen molar-refractivity contribution in [1.29, 1.82) is 0 Å². The molecule has 0 aliphatic carbocycles. The van der Waals surface area contributed by atoms with Crippen LogP contribution in [-0.4, -0.2) is 15.6 Å². The Labute approximate surface area is 90.8 Å². The van der Waals surface area contributed by atoms with Gasteiger partial charge in [-0.2, -0.15) is 5.10 Å². The van der Waals surface area contributed by atoms with E-state index in [1.807, 2.05) is 20.0 Å². The molecule has 1 rings (SSSR count). The Morgan fingerprint density at radius 3 is 2.87 bits per heavy atom. The molecule has 1 aromatic rings. The lowest BCUT2D eigenvalue weighted by molar-refractivity contribution is 0.104. The van der Waals surface area contributed by atoms with Crippen molar-refractivity contribution in [2.24, 2.45) is 7.05 Å². The minimum absolute atomic E-state index is 0.0525. The fraction of sp³-hybridized carbons (Fsp3) is 0.500. The summed E-state index contributed by atoms with van der Waals surface area (Å²) < 4.78 is 1.72. The van der Waals surface area contributed by atoms with Crippen molar-refractivity contribution in [3.05, 3.63) is 29.6 Å². The number of allylic oxidation sites excluding steroid dienone is 2. The van der Waals surface area contributed by atoms with Gasteiger partial charge in [-0.1, -0.05) is 25.8 Å². The van der Waals surface area contributed by atoms with Crippen LogP contribution in [0.3, 0.4) is 0 Å². The third-order valence-electron chi connectivity index (χ3n) is 2.49. The van der Waals surface area contributed by atoms with E-state index < -0.39 is 0 Å². The highest BCUT2D eigenvalue weighted by molar-refractivity contribution is 6.05. The first-order valence-electron chi connectivity index (χ1n) is 5.36. The van der Waals surface area contributed by atoms with E-state index in [9.17, 15) is 4.79 Å². The van der Waals surface area contributed by atoms with E-state index in [1.165, 1.54) is 0 Å². The lowest BCUT2D eigenvalue weighted by Gasteiger charge is -1.95. The second kappa shape index (κ2) is 5.49. The van der Waals surface area contributed by atoms with Gasteiger partial charge in [0.15, 0.2) is 5.78 Å². The molecule has 0 fully saturated rings. The molecule has 0 atom stereocenters. The summed E-state index contributed by atoms with van der Waals surface area (Å²) >= 11 is 0. The van der Waals surface area contributed by atoms with Crippen LogP contribution >= 0.6 is 0 Å². The van der Waals surface area contributed by atoms with Gasteiger partial charge in [0.2, 0.25) is 0 Å². The quantitative estimate of drug-likeness (QED) is 0.422. The van der Waals surface area contributed by atoms with Crippen LogP contribution in [0.1, 0.15) is 42.2 Å². The highest BCUT2D eigenvalue weighted by atomic mass is 16.1. The molecule has 3 nitrogen and oxygen atoms in total. The Balaban J connectivity index is 2.61. The Kier molecular flexibility index (Phi) is 4.28. The zero-order valence-corrected chi connectivity index (χ0v) is 9.66. The largest absolute Gasteiger partial charge is 0.289 e. The summed E-state index contributed by atoms with van der Waals surface area (Å²) in [5.41, 5.74) is 1.62. The standard InChI is InChI=1S/C12H18N2O/c1-4-5-6-7-8-12(15)11-9-13-14(3)10(11)2/h7-9H,4-6H2,1-3H3/b8-7+. The van der Waals surface area contributed by atoms with Crippen molar-refractivity contribution in [1.82, 2.24) is 9.78 Å². The number of nitrogens with zero attached hydrogens (tertiary/aromatic N) is 2. The predicted molar refractivity (Wildman–Crippen MR) is 60.9 cm³/mol. The van der Waals surface area contributed by atoms with E-state index in [0.29, 0.717) is 5.56 Å². The van der Waals surface area contributed by atoms with Gasteiger partial charge >= 0.3 is 0 Å². The fourth-order valence-corrected chi connectivity index (χ4v) is 1.34. The zero-order chi connectivity index (χ0) is 11.3. The van der Waals surface area contributed by atoms with Crippen molar-refractivity contribution in [3.63, 3.8) is 0 Å². The molecule has 3 heteroatoms. The van der Waals surface area contributed by atoms with Gasteiger partial charge in [-0.15, -0.1) is 0 Å². The summed E-state index contributed by atoms with van der Waals surface area (Å²) in [5, 5.41) is 4.04. The van der Waals surface area contributed by atoms with Gasteiger partial charge in [0, 0.05) is 12.7 Å². The van der Waals surface area contributed by atoms with Crippen LogP contribution in [0, 0.1) is 6.92 Å². The normalized spacial score (nSPS) is 11.1. The van der Waals surface area contributed by atoms with Crippen LogP contribution in [0.2, 0.25) is 0 Å². The molecule has 0 unspecified atom stereocenters. The summed E-state index contributed by atoms with van der Waals surface area (Å²) in [6.07, 6.45) is 8.49. The van der Waals surface area contributed by atoms with Crippen molar-refractivity contribution in [2.45, 2.75) is 33.1 Å². The van der Waals surface area contributed by atoms with Gasteiger partial charge in [-0.3, -0.25) is 9.48 Å². The lowest BCUT2D eigenvalue weighted by atomic mass is 10.1. The van der Waals surface area contributed by atoms with Gasteiger partial charge in [-0.25, -0.2) is 0 Å². The topological polar surface area (TPSA) is 34.9 Å². The molecule has 1 aromatic heterocycles. The SMILES string of the molecule is CCCC/C=C/C(=O)c1cnn(C)c1C. The molecule has 0 saturated heterocycles. The number of carbonyl (C=O) groups is 1. The fourth-order valence-electron chi connectivity index (χ4n) is 1.34. The number of aromatic nitrogens is 2. The van der Waals surface area contributed by atoms with Crippen LogP contribution in [0.15, 0.2) is 18.3 Å². The van der Waals surface area contributed by atoms with Gasteiger partial charge in [0.1, 0.15) is 0 Å². The van der Waals surface area contributed by atoms with Gasteiger partial charge in [0.05, 0.1) is 11.8 Å².